The SMILES string of the molecule is O=S(=O)(c1cc2nc(-c3cccc4[nH]ncc34)nc(N3CCOCC3)c2s1)N1CCC(CO)CC1. The molecule has 0 amide bonds. The molecule has 2 aliphatic heterocycles. The van der Waals surface area contributed by atoms with Crippen LogP contribution in [0.1, 0.15) is 12.8 Å². The molecule has 184 valence electrons. The highest BCUT2D eigenvalue weighted by molar-refractivity contribution is 7.91. The summed E-state index contributed by atoms with van der Waals surface area (Å²) < 4.78 is 35.1. The first-order valence-electron chi connectivity index (χ1n) is 11.7. The normalized spacial score (nSPS) is 18.6. The van der Waals surface area contributed by atoms with Crippen molar-refractivity contribution >= 4 is 48.3 Å². The van der Waals surface area contributed by atoms with Gasteiger partial charge in [-0.05, 0) is 30.9 Å². The van der Waals surface area contributed by atoms with Crippen LogP contribution >= 0.6 is 11.3 Å². The average molecular weight is 515 g/mol. The number of rotatable bonds is 5. The Morgan fingerprint density at radius 1 is 1.14 bits per heavy atom. The van der Waals surface area contributed by atoms with Crippen LogP contribution in [0, 0.1) is 5.92 Å². The summed E-state index contributed by atoms with van der Waals surface area (Å²) in [6, 6.07) is 7.51. The summed E-state index contributed by atoms with van der Waals surface area (Å²) in [5, 5.41) is 17.5. The van der Waals surface area contributed by atoms with Crippen LogP contribution in [0.4, 0.5) is 5.82 Å². The Bertz CT molecular complexity index is 1470. The van der Waals surface area contributed by atoms with Crippen molar-refractivity contribution in [3.05, 3.63) is 30.5 Å². The third-order valence-corrected chi connectivity index (χ3v) is 10.3. The number of piperidine rings is 1. The van der Waals surface area contributed by atoms with E-state index < -0.39 is 10.0 Å². The molecule has 0 atom stereocenters. The maximum absolute atomic E-state index is 13.5. The number of ether oxygens (including phenoxy) is 1. The zero-order chi connectivity index (χ0) is 24.0. The number of aliphatic hydroxyl groups excluding tert-OH is 1. The molecule has 10 nitrogen and oxygen atoms in total. The number of nitrogens with zero attached hydrogens (tertiary/aromatic N) is 5. The van der Waals surface area contributed by atoms with E-state index in [0.29, 0.717) is 63.6 Å². The molecule has 2 saturated heterocycles. The molecule has 2 fully saturated rings. The molecule has 0 aliphatic carbocycles. The lowest BCUT2D eigenvalue weighted by molar-refractivity contribution is 0.122. The van der Waals surface area contributed by atoms with E-state index in [-0.39, 0.29) is 16.7 Å². The molecule has 5 heterocycles. The average Bonchev–Trinajstić information content (AvgIpc) is 3.56. The Labute approximate surface area is 206 Å². The minimum atomic E-state index is -3.66. The van der Waals surface area contributed by atoms with Crippen LogP contribution in [0.5, 0.6) is 0 Å². The van der Waals surface area contributed by atoms with E-state index in [1.807, 2.05) is 18.2 Å². The Balaban J connectivity index is 1.47. The second-order valence-electron chi connectivity index (χ2n) is 8.92. The molecule has 0 saturated carbocycles. The number of fused-ring (bicyclic) bond motifs is 2. The minimum Gasteiger partial charge on any atom is -0.396 e. The molecule has 12 heteroatoms. The standard InChI is InChI=1S/C23H26N6O4S2/c30-14-15-4-6-29(7-5-15)35(31,32)20-12-19-21(34-20)23(28-8-10-33-11-9-28)26-22(25-19)16-2-1-3-18-17(16)13-24-27-18/h1-3,12-13,15,30H,4-11,14H2,(H,24,27). The van der Waals surface area contributed by atoms with E-state index in [9.17, 15) is 13.5 Å². The van der Waals surface area contributed by atoms with E-state index in [0.717, 1.165) is 27.0 Å². The van der Waals surface area contributed by atoms with Gasteiger partial charge in [0.2, 0.25) is 0 Å². The van der Waals surface area contributed by atoms with Gasteiger partial charge >= 0.3 is 0 Å². The molecule has 6 rings (SSSR count). The molecule has 0 radical (unpaired) electrons. The van der Waals surface area contributed by atoms with Crippen LogP contribution in [-0.2, 0) is 14.8 Å². The molecule has 3 aromatic heterocycles. The topological polar surface area (TPSA) is 125 Å². The van der Waals surface area contributed by atoms with Gasteiger partial charge < -0.3 is 14.7 Å². The van der Waals surface area contributed by atoms with Crippen LogP contribution in [-0.4, -0.2) is 84.0 Å². The van der Waals surface area contributed by atoms with Gasteiger partial charge in [0.05, 0.1) is 35.1 Å². The first kappa shape index (κ1) is 22.8. The van der Waals surface area contributed by atoms with Gasteiger partial charge in [-0.3, -0.25) is 5.10 Å². The van der Waals surface area contributed by atoms with Crippen LogP contribution in [0.25, 0.3) is 32.5 Å². The summed E-state index contributed by atoms with van der Waals surface area (Å²) >= 11 is 1.23. The molecule has 1 aromatic carbocycles. The third-order valence-electron chi connectivity index (χ3n) is 6.79. The van der Waals surface area contributed by atoms with Crippen molar-refractivity contribution < 1.29 is 18.3 Å². The maximum atomic E-state index is 13.5. The molecule has 4 aromatic rings. The fraction of sp³-hybridized carbons (Fsp3) is 0.435. The number of benzene rings is 1. The predicted molar refractivity (Wildman–Crippen MR) is 134 cm³/mol. The van der Waals surface area contributed by atoms with Crippen molar-refractivity contribution in [1.29, 1.82) is 0 Å². The van der Waals surface area contributed by atoms with Gasteiger partial charge in [0, 0.05) is 43.7 Å². The smallest absolute Gasteiger partial charge is 0.252 e. The van der Waals surface area contributed by atoms with Gasteiger partial charge in [-0.25, -0.2) is 18.4 Å². The van der Waals surface area contributed by atoms with E-state index >= 15 is 0 Å². The monoisotopic (exact) mass is 514 g/mol. The number of hydrogen-bond donors (Lipinski definition) is 2. The van der Waals surface area contributed by atoms with Crippen molar-refractivity contribution in [2.45, 2.75) is 17.1 Å². The number of hydrogen-bond acceptors (Lipinski definition) is 9. The van der Waals surface area contributed by atoms with Gasteiger partial charge in [-0.1, -0.05) is 12.1 Å². The summed E-state index contributed by atoms with van der Waals surface area (Å²) in [6.07, 6.45) is 3.09. The van der Waals surface area contributed by atoms with Gasteiger partial charge in [0.25, 0.3) is 10.0 Å². The molecule has 0 spiro atoms. The Hall–Kier alpha value is -2.64. The van der Waals surface area contributed by atoms with Gasteiger partial charge in [-0.15, -0.1) is 11.3 Å². The largest absolute Gasteiger partial charge is 0.396 e. The highest BCUT2D eigenvalue weighted by Crippen LogP contribution is 2.38. The molecule has 2 aliphatic rings. The fourth-order valence-electron chi connectivity index (χ4n) is 4.75. The van der Waals surface area contributed by atoms with Gasteiger partial charge in [-0.2, -0.15) is 9.40 Å². The minimum absolute atomic E-state index is 0.0987. The maximum Gasteiger partial charge on any atom is 0.252 e. The van der Waals surface area contributed by atoms with Crippen molar-refractivity contribution in [2.24, 2.45) is 5.92 Å². The number of sulfonamides is 1. The number of morpholine rings is 1. The molecule has 0 bridgehead atoms. The first-order chi connectivity index (χ1) is 17.0. The zero-order valence-corrected chi connectivity index (χ0v) is 20.7. The van der Waals surface area contributed by atoms with Crippen LogP contribution in [0.3, 0.4) is 0 Å². The number of H-pyrrole nitrogens is 1. The van der Waals surface area contributed by atoms with Gasteiger partial charge in [0.15, 0.2) is 11.6 Å². The second-order valence-corrected chi connectivity index (χ2v) is 12.1. The van der Waals surface area contributed by atoms with Crippen LogP contribution in [0.2, 0.25) is 0 Å². The lowest BCUT2D eigenvalue weighted by atomic mass is 10.00. The van der Waals surface area contributed by atoms with Crippen molar-refractivity contribution in [2.75, 3.05) is 50.9 Å². The number of anilines is 1. The molecule has 0 unspecified atom stereocenters. The number of nitrogens with one attached hydrogen (secondary N) is 1. The number of aromatic amines is 1. The van der Waals surface area contributed by atoms with Crippen molar-refractivity contribution in [3.8, 4) is 11.4 Å². The van der Waals surface area contributed by atoms with E-state index in [1.165, 1.54) is 15.6 Å². The summed E-state index contributed by atoms with van der Waals surface area (Å²) in [7, 11) is -3.66. The lowest BCUT2D eigenvalue weighted by Gasteiger charge is -2.29. The number of thiophene rings is 1. The second kappa shape index (κ2) is 9.10. The number of aliphatic hydroxyl groups is 1. The molecular weight excluding hydrogens is 488 g/mol. The van der Waals surface area contributed by atoms with E-state index in [1.54, 1.807) is 12.3 Å². The summed E-state index contributed by atoms with van der Waals surface area (Å²) in [5.41, 5.74) is 2.35. The third kappa shape index (κ3) is 4.08. The Morgan fingerprint density at radius 3 is 2.71 bits per heavy atom. The van der Waals surface area contributed by atoms with E-state index in [2.05, 4.69) is 15.1 Å². The lowest BCUT2D eigenvalue weighted by Crippen LogP contribution is -2.38. The predicted octanol–water partition coefficient (Wildman–Crippen LogP) is 2.46. The quantitative estimate of drug-likeness (QED) is 0.416. The van der Waals surface area contributed by atoms with E-state index in [4.69, 9.17) is 14.7 Å². The Kier molecular flexibility index (Phi) is 5.93. The fourth-order valence-corrected chi connectivity index (χ4v) is 7.79. The highest BCUT2D eigenvalue weighted by Gasteiger charge is 2.32. The highest BCUT2D eigenvalue weighted by atomic mass is 32.2. The zero-order valence-electron chi connectivity index (χ0n) is 19.1. The first-order valence-corrected chi connectivity index (χ1v) is 14.0. The van der Waals surface area contributed by atoms with Crippen molar-refractivity contribution in [1.82, 2.24) is 24.5 Å². The van der Waals surface area contributed by atoms with Crippen LogP contribution < -0.4 is 4.90 Å². The molecule has 35 heavy (non-hydrogen) atoms. The van der Waals surface area contributed by atoms with Crippen LogP contribution in [0.15, 0.2) is 34.7 Å². The summed E-state index contributed by atoms with van der Waals surface area (Å²) in [6.45, 7) is 3.46. The molecule has 2 N–H and O–H groups in total. The Morgan fingerprint density at radius 2 is 1.94 bits per heavy atom. The number of aromatic nitrogens is 4. The van der Waals surface area contributed by atoms with Gasteiger partial charge in [0.1, 0.15) is 4.21 Å². The van der Waals surface area contributed by atoms with Crippen molar-refractivity contribution in [3.63, 3.8) is 0 Å². The molecular formula is C23H26N6O4S2. The summed E-state index contributed by atoms with van der Waals surface area (Å²) in [5.74, 6) is 1.44. The summed E-state index contributed by atoms with van der Waals surface area (Å²) in [4.78, 5) is 11.9.